The number of urea groups is 1. The average molecular weight is 703 g/mol. The lowest BCUT2D eigenvalue weighted by molar-refractivity contribution is -0.921. The molecule has 7 N–H and O–H groups in total. The van der Waals surface area contributed by atoms with Crippen molar-refractivity contribution in [3.05, 3.63) is 42.0 Å². The molecule has 16 nitrogen and oxygen atoms in total. The Morgan fingerprint density at radius 1 is 0.940 bits per heavy atom. The molecule has 50 heavy (non-hydrogen) atoms. The van der Waals surface area contributed by atoms with Gasteiger partial charge in [-0.05, 0) is 37.8 Å². The number of carbonyl (C=O) groups is 7. The molecule has 276 valence electrons. The second-order valence-electron chi connectivity index (χ2n) is 12.8. The quantitative estimate of drug-likeness (QED) is 0.0539. The molecule has 2 rings (SSSR count). The van der Waals surface area contributed by atoms with E-state index in [4.69, 9.17) is 15.6 Å². The molecule has 3 atom stereocenters. The van der Waals surface area contributed by atoms with Gasteiger partial charge in [0.25, 0.3) is 11.8 Å². The Balaban J connectivity index is 1.99. The highest BCUT2D eigenvalue weighted by atomic mass is 16.5. The minimum atomic E-state index is -1.00. The summed E-state index contributed by atoms with van der Waals surface area (Å²) >= 11 is 0. The second kappa shape index (κ2) is 20.6. The first-order valence-electron chi connectivity index (χ1n) is 16.8. The van der Waals surface area contributed by atoms with Crippen LogP contribution < -0.4 is 27.0 Å². The number of anilines is 1. The van der Waals surface area contributed by atoms with Crippen molar-refractivity contribution in [1.82, 2.24) is 20.9 Å². The molecule has 0 saturated carbocycles. The van der Waals surface area contributed by atoms with E-state index >= 15 is 0 Å². The van der Waals surface area contributed by atoms with E-state index in [1.54, 1.807) is 26.0 Å². The molecule has 0 bridgehead atoms. The second-order valence-corrected chi connectivity index (χ2v) is 12.8. The van der Waals surface area contributed by atoms with Crippen LogP contribution >= 0.6 is 0 Å². The number of carboxylic acids is 1. The Morgan fingerprint density at radius 2 is 1.60 bits per heavy atom. The maximum atomic E-state index is 13.4. The van der Waals surface area contributed by atoms with Gasteiger partial charge in [0, 0.05) is 42.8 Å². The number of benzene rings is 1. The Morgan fingerprint density at radius 3 is 2.18 bits per heavy atom. The minimum absolute atomic E-state index is 0.0000242. The summed E-state index contributed by atoms with van der Waals surface area (Å²) < 4.78 is 6.06. The van der Waals surface area contributed by atoms with E-state index in [0.29, 0.717) is 36.1 Å². The van der Waals surface area contributed by atoms with Crippen LogP contribution in [0.5, 0.6) is 0 Å². The molecule has 1 aromatic rings. The zero-order chi connectivity index (χ0) is 37.3. The van der Waals surface area contributed by atoms with Gasteiger partial charge in [0.15, 0.2) is 0 Å². The van der Waals surface area contributed by atoms with Gasteiger partial charge in [-0.1, -0.05) is 26.0 Å². The molecule has 0 spiro atoms. The molecular formula is C34H52N7O9+. The zero-order valence-corrected chi connectivity index (χ0v) is 29.4. The van der Waals surface area contributed by atoms with Crippen molar-refractivity contribution in [2.75, 3.05) is 51.8 Å². The monoisotopic (exact) mass is 702 g/mol. The molecule has 0 saturated heterocycles. The number of aliphatic carboxylic acids is 1. The van der Waals surface area contributed by atoms with Crippen molar-refractivity contribution >= 4 is 47.2 Å². The van der Waals surface area contributed by atoms with Crippen LogP contribution in [0.4, 0.5) is 10.5 Å². The first-order valence-corrected chi connectivity index (χ1v) is 16.8. The van der Waals surface area contributed by atoms with Gasteiger partial charge in [-0.15, -0.1) is 0 Å². The molecule has 7 amide bonds. The van der Waals surface area contributed by atoms with Crippen LogP contribution in [-0.2, 0) is 40.0 Å². The van der Waals surface area contributed by atoms with Crippen LogP contribution in [0.2, 0.25) is 0 Å². The third-order valence-corrected chi connectivity index (χ3v) is 8.34. The first kappa shape index (κ1) is 41.3. The van der Waals surface area contributed by atoms with E-state index in [2.05, 4.69) is 35.2 Å². The predicted octanol–water partition coefficient (Wildman–Crippen LogP) is 0.862. The number of nitrogens with one attached hydrogen (secondary N) is 4. The third kappa shape index (κ3) is 14.7. The molecular weight excluding hydrogens is 650 g/mol. The maximum Gasteiger partial charge on any atom is 0.312 e. The number of hydrogen-bond acceptors (Lipinski definition) is 8. The minimum Gasteiger partial charge on any atom is -0.481 e. The molecule has 1 aliphatic rings. The topological polar surface area (TPSA) is 226 Å². The molecule has 1 heterocycles. The summed E-state index contributed by atoms with van der Waals surface area (Å²) in [6.07, 6.45) is 3.45. The fourth-order valence-corrected chi connectivity index (χ4v) is 5.23. The Hall–Kier alpha value is -4.83. The molecule has 16 heteroatoms. The molecule has 0 aliphatic carbocycles. The summed E-state index contributed by atoms with van der Waals surface area (Å²) in [6.45, 7) is 8.06. The van der Waals surface area contributed by atoms with Crippen LogP contribution in [0.25, 0.3) is 0 Å². The van der Waals surface area contributed by atoms with Crippen LogP contribution in [0.15, 0.2) is 36.4 Å². The van der Waals surface area contributed by atoms with Crippen molar-refractivity contribution in [1.29, 1.82) is 0 Å². The maximum absolute atomic E-state index is 13.4. The van der Waals surface area contributed by atoms with E-state index in [1.807, 2.05) is 12.1 Å². The van der Waals surface area contributed by atoms with E-state index < -0.39 is 53.6 Å². The largest absolute Gasteiger partial charge is 0.481 e. The van der Waals surface area contributed by atoms with Gasteiger partial charge >= 0.3 is 12.0 Å². The SMILES string of the molecule is CC[N+](C)(CCCC(=O)O)Cc1ccc(NC(=O)[C@H](CCCNC(N)=O)NC(=O)[C@@H](NC(=O)CCOCCN2C(=O)C=CC2=O)C(C)C)cc1. The Labute approximate surface area is 292 Å². The van der Waals surface area contributed by atoms with Gasteiger partial charge in [-0.2, -0.15) is 0 Å². The summed E-state index contributed by atoms with van der Waals surface area (Å²) in [6, 6.07) is 4.62. The van der Waals surface area contributed by atoms with Gasteiger partial charge in [0.1, 0.15) is 18.6 Å². The van der Waals surface area contributed by atoms with E-state index in [-0.39, 0.29) is 51.5 Å². The number of ether oxygens (including phenoxy) is 1. The van der Waals surface area contributed by atoms with Crippen molar-refractivity contribution in [3.63, 3.8) is 0 Å². The summed E-state index contributed by atoms with van der Waals surface area (Å²) in [5.74, 6) is -3.50. The number of primary amides is 1. The van der Waals surface area contributed by atoms with Crippen LogP contribution in [0.1, 0.15) is 58.4 Å². The molecule has 0 aromatic heterocycles. The predicted molar refractivity (Wildman–Crippen MR) is 184 cm³/mol. The standard InChI is InChI=1S/C34H51N7O9/c1-5-41(4,19-7-9-30(45)46)22-24-10-12-25(13-11-24)37-32(47)26(8-6-17-36-34(35)49)38-33(48)31(23(2)3)39-27(42)16-20-50-21-18-40-28(43)14-15-29(40)44/h10-15,23,26,31H,5-9,16-22H2,1-4H3,(H6-,35,36,37,38,39,42,45,46,47,48,49)/p+1/t26-,31-,41?/m0/s1. The van der Waals surface area contributed by atoms with Crippen LogP contribution in [0, 0.1) is 5.92 Å². The number of nitrogens with zero attached hydrogens (tertiary/aromatic N) is 2. The fraction of sp³-hybridized carbons (Fsp3) is 0.559. The van der Waals surface area contributed by atoms with Crippen molar-refractivity contribution in [3.8, 4) is 0 Å². The van der Waals surface area contributed by atoms with Crippen molar-refractivity contribution in [2.45, 2.75) is 71.5 Å². The lowest BCUT2D eigenvalue weighted by Gasteiger charge is -2.33. The molecule has 1 unspecified atom stereocenters. The number of quaternary nitrogens is 1. The molecule has 0 fully saturated rings. The van der Waals surface area contributed by atoms with Crippen LogP contribution in [-0.4, -0.2) is 115 Å². The summed E-state index contributed by atoms with van der Waals surface area (Å²) in [5.41, 5.74) is 6.67. The van der Waals surface area contributed by atoms with E-state index in [9.17, 15) is 33.6 Å². The molecule has 0 radical (unpaired) electrons. The van der Waals surface area contributed by atoms with E-state index in [0.717, 1.165) is 17.0 Å². The average Bonchev–Trinajstić information content (AvgIpc) is 3.37. The molecule has 1 aromatic carbocycles. The smallest absolute Gasteiger partial charge is 0.312 e. The number of carboxylic acid groups (broad SMARTS) is 1. The number of carbonyl (C=O) groups excluding carboxylic acids is 6. The highest BCUT2D eigenvalue weighted by molar-refractivity contribution is 6.12. The van der Waals surface area contributed by atoms with Crippen molar-refractivity contribution in [2.24, 2.45) is 11.7 Å². The van der Waals surface area contributed by atoms with Crippen LogP contribution in [0.3, 0.4) is 0 Å². The summed E-state index contributed by atoms with van der Waals surface area (Å²) in [5, 5.41) is 19.7. The summed E-state index contributed by atoms with van der Waals surface area (Å²) in [7, 11) is 2.07. The Bertz CT molecular complexity index is 1370. The van der Waals surface area contributed by atoms with Gasteiger partial charge in [-0.3, -0.25) is 33.7 Å². The zero-order valence-electron chi connectivity index (χ0n) is 29.4. The number of imide groups is 1. The number of hydrogen-bond donors (Lipinski definition) is 6. The Kier molecular flexibility index (Phi) is 17.1. The van der Waals surface area contributed by atoms with Gasteiger partial charge in [0.2, 0.25) is 17.7 Å². The number of rotatable bonds is 23. The number of nitrogens with two attached hydrogens (primary N) is 1. The lowest BCUT2D eigenvalue weighted by Crippen LogP contribution is -2.54. The van der Waals surface area contributed by atoms with Gasteiger partial charge in [-0.25, -0.2) is 4.79 Å². The molecule has 1 aliphatic heterocycles. The highest BCUT2D eigenvalue weighted by Crippen LogP contribution is 2.17. The van der Waals surface area contributed by atoms with Gasteiger partial charge < -0.3 is 41.3 Å². The normalized spacial score (nSPS) is 14.9. The third-order valence-electron chi connectivity index (χ3n) is 8.34. The van der Waals surface area contributed by atoms with E-state index in [1.165, 1.54) is 12.2 Å². The fourth-order valence-electron chi connectivity index (χ4n) is 5.23. The highest BCUT2D eigenvalue weighted by Gasteiger charge is 2.29. The summed E-state index contributed by atoms with van der Waals surface area (Å²) in [4.78, 5) is 85.8. The first-order chi connectivity index (χ1) is 23.6. The van der Waals surface area contributed by atoms with Crippen molar-refractivity contribution < 1.29 is 47.9 Å². The number of amides is 7. The lowest BCUT2D eigenvalue weighted by atomic mass is 10.0. The van der Waals surface area contributed by atoms with Gasteiger partial charge in [0.05, 0.1) is 46.3 Å².